The lowest BCUT2D eigenvalue weighted by Gasteiger charge is -2.17. The maximum Gasteiger partial charge on any atom is 0.229 e. The van der Waals surface area contributed by atoms with Gasteiger partial charge in [-0.3, -0.25) is 0 Å². The maximum atomic E-state index is 13.1. The molecule has 0 unspecified atom stereocenters. The minimum absolute atomic E-state index is 0.383. The number of nitrogens with two attached hydrogens (primary N) is 1. The summed E-state index contributed by atoms with van der Waals surface area (Å²) in [5.41, 5.74) is 11.1. The fourth-order valence-electron chi connectivity index (χ4n) is 5.24. The second-order valence-electron chi connectivity index (χ2n) is 10.8. The van der Waals surface area contributed by atoms with E-state index in [-0.39, 0.29) is 0 Å². The number of unbranched alkanes of at least 4 members (excludes halogenated alkanes) is 2. The highest BCUT2D eigenvalue weighted by Gasteiger charge is 2.19. The Bertz CT molecular complexity index is 1310. The van der Waals surface area contributed by atoms with Crippen molar-refractivity contribution >= 4 is 47.2 Å². The van der Waals surface area contributed by atoms with E-state index in [1.807, 2.05) is 18.2 Å². The molecule has 0 fully saturated rings. The highest BCUT2D eigenvalue weighted by Crippen LogP contribution is 2.39. The zero-order chi connectivity index (χ0) is 27.8. The van der Waals surface area contributed by atoms with Gasteiger partial charge in [-0.2, -0.15) is 4.98 Å². The van der Waals surface area contributed by atoms with Gasteiger partial charge in [0, 0.05) is 18.1 Å². The smallest absolute Gasteiger partial charge is 0.229 e. The Morgan fingerprint density at radius 2 is 1.85 bits per heavy atom. The van der Waals surface area contributed by atoms with Crippen LogP contribution in [-0.2, 0) is 28.8 Å². The third kappa shape index (κ3) is 8.28. The van der Waals surface area contributed by atoms with E-state index in [4.69, 9.17) is 22.1 Å². The van der Waals surface area contributed by atoms with Crippen molar-refractivity contribution in [2.45, 2.75) is 58.0 Å². The second kappa shape index (κ2) is 13.8. The number of halogens is 1. The SMILES string of the molecule is COCc1ccc(Nc2nc(Nc3ccc4c(c3)CC[C@@H](CCCCCN)CC4)ncc2Cl)c(P(C)(C)=O)c1. The van der Waals surface area contributed by atoms with Crippen LogP contribution in [-0.4, -0.2) is 37.0 Å². The molecule has 1 heterocycles. The predicted octanol–water partition coefficient (Wildman–Crippen LogP) is 7.03. The number of rotatable bonds is 12. The van der Waals surface area contributed by atoms with Crippen LogP contribution >= 0.6 is 18.7 Å². The van der Waals surface area contributed by atoms with Crippen molar-refractivity contribution in [3.63, 3.8) is 0 Å². The summed E-state index contributed by atoms with van der Waals surface area (Å²) in [6.45, 7) is 4.75. The van der Waals surface area contributed by atoms with E-state index in [0.717, 1.165) is 48.3 Å². The molecule has 0 saturated carbocycles. The summed E-state index contributed by atoms with van der Waals surface area (Å²) in [7, 11) is -0.935. The molecule has 9 heteroatoms. The molecule has 7 nitrogen and oxygen atoms in total. The fraction of sp³-hybridized carbons (Fsp3) is 0.467. The normalized spacial score (nSPS) is 15.5. The van der Waals surface area contributed by atoms with Crippen LogP contribution in [0.2, 0.25) is 5.02 Å². The molecule has 0 amide bonds. The van der Waals surface area contributed by atoms with Gasteiger partial charge >= 0.3 is 0 Å². The number of anilines is 4. The molecule has 210 valence electrons. The first-order valence-corrected chi connectivity index (χ1v) is 16.8. The van der Waals surface area contributed by atoms with Crippen molar-refractivity contribution < 1.29 is 9.30 Å². The minimum Gasteiger partial charge on any atom is -0.380 e. The third-order valence-electron chi connectivity index (χ3n) is 7.37. The van der Waals surface area contributed by atoms with E-state index in [1.165, 1.54) is 43.2 Å². The van der Waals surface area contributed by atoms with Crippen molar-refractivity contribution in [2.75, 3.05) is 37.6 Å². The summed E-state index contributed by atoms with van der Waals surface area (Å²) in [5, 5.41) is 7.75. The van der Waals surface area contributed by atoms with Gasteiger partial charge in [0.05, 0.1) is 18.5 Å². The maximum absolute atomic E-state index is 13.1. The van der Waals surface area contributed by atoms with E-state index >= 15 is 0 Å². The molecule has 0 aliphatic heterocycles. The van der Waals surface area contributed by atoms with Gasteiger partial charge in [0.25, 0.3) is 0 Å². The molecule has 4 rings (SSSR count). The van der Waals surface area contributed by atoms with Crippen LogP contribution in [0.25, 0.3) is 0 Å². The van der Waals surface area contributed by atoms with Crippen LogP contribution in [0.3, 0.4) is 0 Å². The number of nitrogens with zero attached hydrogens (tertiary/aromatic N) is 2. The molecule has 0 bridgehead atoms. The van der Waals surface area contributed by atoms with Crippen LogP contribution in [0.1, 0.15) is 55.2 Å². The highest BCUT2D eigenvalue weighted by atomic mass is 35.5. The minimum atomic E-state index is -2.58. The zero-order valence-electron chi connectivity index (χ0n) is 23.3. The first-order chi connectivity index (χ1) is 18.8. The van der Waals surface area contributed by atoms with Crippen LogP contribution in [0.15, 0.2) is 42.6 Å². The van der Waals surface area contributed by atoms with Crippen LogP contribution in [0.5, 0.6) is 0 Å². The lowest BCUT2D eigenvalue weighted by molar-refractivity contribution is 0.185. The number of benzene rings is 2. The van der Waals surface area contributed by atoms with Crippen molar-refractivity contribution in [3.05, 3.63) is 64.3 Å². The number of hydrogen-bond donors (Lipinski definition) is 3. The van der Waals surface area contributed by atoms with E-state index in [0.29, 0.717) is 29.1 Å². The van der Waals surface area contributed by atoms with Gasteiger partial charge in [-0.15, -0.1) is 0 Å². The lowest BCUT2D eigenvalue weighted by Crippen LogP contribution is -2.12. The van der Waals surface area contributed by atoms with E-state index in [9.17, 15) is 4.57 Å². The van der Waals surface area contributed by atoms with Crippen LogP contribution in [0, 0.1) is 5.92 Å². The van der Waals surface area contributed by atoms with Crippen molar-refractivity contribution in [1.82, 2.24) is 9.97 Å². The van der Waals surface area contributed by atoms with E-state index in [2.05, 4.69) is 38.8 Å². The van der Waals surface area contributed by atoms with E-state index < -0.39 is 7.14 Å². The molecule has 2 aromatic carbocycles. The number of hydrogen-bond acceptors (Lipinski definition) is 7. The molecule has 39 heavy (non-hydrogen) atoms. The highest BCUT2D eigenvalue weighted by molar-refractivity contribution is 7.70. The molecule has 0 spiro atoms. The van der Waals surface area contributed by atoms with Crippen LogP contribution in [0.4, 0.5) is 23.1 Å². The first kappa shape index (κ1) is 29.5. The number of methoxy groups -OCH3 is 1. The fourth-order valence-corrected chi connectivity index (χ4v) is 6.57. The predicted molar refractivity (Wildman–Crippen MR) is 164 cm³/mol. The lowest BCUT2D eigenvalue weighted by atomic mass is 9.93. The Labute approximate surface area is 237 Å². The largest absolute Gasteiger partial charge is 0.380 e. The molecular weight excluding hydrogens is 529 g/mol. The summed E-state index contributed by atoms with van der Waals surface area (Å²) in [5.74, 6) is 1.69. The average molecular weight is 570 g/mol. The van der Waals surface area contributed by atoms with Crippen molar-refractivity contribution in [2.24, 2.45) is 11.7 Å². The summed E-state index contributed by atoms with van der Waals surface area (Å²) in [4.78, 5) is 9.05. The standard InChI is InChI=1S/C30H41ClN5O2P/c1-38-20-22-10-15-27(28(17-22)39(2,3)37)35-29-26(31)19-33-30(36-29)34-25-14-13-23-11-8-21(7-5-4-6-16-32)9-12-24(23)18-25/h10,13-15,17-19,21H,4-9,11-12,16,20,32H2,1-3H3,(H2,33,34,35,36)/t21-/m0/s1. The van der Waals surface area contributed by atoms with Gasteiger partial charge in [-0.05, 0) is 98.9 Å². The van der Waals surface area contributed by atoms with Gasteiger partial charge < -0.3 is 25.7 Å². The summed E-state index contributed by atoms with van der Waals surface area (Å²) < 4.78 is 18.3. The number of nitrogens with one attached hydrogen (secondary N) is 2. The number of ether oxygens (including phenoxy) is 1. The monoisotopic (exact) mass is 569 g/mol. The second-order valence-corrected chi connectivity index (χ2v) is 14.4. The average Bonchev–Trinajstić information content (AvgIpc) is 3.11. The molecule has 1 atom stereocenters. The van der Waals surface area contributed by atoms with Gasteiger partial charge in [0.2, 0.25) is 5.95 Å². The molecule has 3 aromatic rings. The first-order valence-electron chi connectivity index (χ1n) is 13.8. The summed E-state index contributed by atoms with van der Waals surface area (Å²) in [6, 6.07) is 12.3. The van der Waals surface area contributed by atoms with Gasteiger partial charge in [0.1, 0.15) is 12.2 Å². The van der Waals surface area contributed by atoms with Crippen molar-refractivity contribution in [1.29, 1.82) is 0 Å². The third-order valence-corrected chi connectivity index (χ3v) is 9.18. The molecule has 0 saturated heterocycles. The number of aryl methyl sites for hydroxylation is 2. The number of fused-ring (bicyclic) bond motifs is 1. The van der Waals surface area contributed by atoms with Crippen molar-refractivity contribution in [3.8, 4) is 0 Å². The van der Waals surface area contributed by atoms with E-state index in [1.54, 1.807) is 26.6 Å². The quantitative estimate of drug-likeness (QED) is 0.122. The molecular formula is C30H41ClN5O2P. The molecule has 0 radical (unpaired) electrons. The summed E-state index contributed by atoms with van der Waals surface area (Å²) >= 11 is 6.47. The Hall–Kier alpha value is -2.44. The van der Waals surface area contributed by atoms with Crippen LogP contribution < -0.4 is 21.7 Å². The molecule has 1 aromatic heterocycles. The van der Waals surface area contributed by atoms with Gasteiger partial charge in [0.15, 0.2) is 5.82 Å². The van der Waals surface area contributed by atoms with Gasteiger partial charge in [-0.1, -0.05) is 43.0 Å². The molecule has 1 aliphatic carbocycles. The Morgan fingerprint density at radius 3 is 2.59 bits per heavy atom. The topological polar surface area (TPSA) is 102 Å². The number of aromatic nitrogens is 2. The van der Waals surface area contributed by atoms with Gasteiger partial charge in [-0.25, -0.2) is 4.98 Å². The Balaban J connectivity index is 1.47. The zero-order valence-corrected chi connectivity index (χ0v) is 25.0. The Morgan fingerprint density at radius 1 is 1.05 bits per heavy atom. The molecule has 1 aliphatic rings. The Kier molecular flexibility index (Phi) is 10.4. The summed E-state index contributed by atoms with van der Waals surface area (Å²) in [6.07, 6.45) is 11.2. The molecule has 4 N–H and O–H groups in total.